The van der Waals surface area contributed by atoms with Gasteiger partial charge in [0.25, 0.3) is 0 Å². The van der Waals surface area contributed by atoms with Gasteiger partial charge in [-0.25, -0.2) is 4.79 Å². The Kier molecular flexibility index (Phi) is 5.54. The Balaban J connectivity index is 1.34. The molecular weight excluding hydrogens is 400 g/mol. The van der Waals surface area contributed by atoms with Crippen LogP contribution >= 0.6 is 0 Å². The van der Waals surface area contributed by atoms with Gasteiger partial charge in [0, 0.05) is 12.3 Å². The molecule has 0 aromatic heterocycles. The summed E-state index contributed by atoms with van der Waals surface area (Å²) in [5.41, 5.74) is 8.60. The van der Waals surface area contributed by atoms with Crippen molar-refractivity contribution < 1.29 is 19.4 Å². The molecule has 0 bridgehead atoms. The molecule has 32 heavy (non-hydrogen) atoms. The number of fused-ring (bicyclic) bond motifs is 3. The first-order valence-corrected chi connectivity index (χ1v) is 11.1. The SMILES string of the molecule is CCc1ccc(CO[C@@H]2C[C@H](c3ccc4c(c3)Cc3ccccc3-4)C=C(C(=O)O)O2)cc1. The number of hydrogen-bond acceptors (Lipinski definition) is 3. The van der Waals surface area contributed by atoms with Crippen molar-refractivity contribution in [1.29, 1.82) is 0 Å². The molecule has 0 saturated heterocycles. The minimum absolute atomic E-state index is 0.0450. The standard InChI is InChI=1S/C28H26O4/c1-2-18-7-9-19(10-8-18)17-31-27-16-22(15-26(32-27)28(29)30)20-11-12-25-23(13-20)14-21-5-3-4-6-24(21)25/h3-13,15,22,27H,2,14,16-17H2,1H3,(H,29,30)/t22-,27+/m1/s1. The fourth-order valence-corrected chi connectivity index (χ4v) is 4.60. The molecule has 3 aromatic carbocycles. The van der Waals surface area contributed by atoms with Gasteiger partial charge in [0.05, 0.1) is 6.61 Å². The van der Waals surface area contributed by atoms with Crippen LogP contribution in [0.4, 0.5) is 0 Å². The minimum Gasteiger partial charge on any atom is -0.475 e. The molecule has 1 aliphatic heterocycles. The van der Waals surface area contributed by atoms with E-state index in [1.54, 1.807) is 6.08 Å². The second kappa shape index (κ2) is 8.64. The molecule has 0 radical (unpaired) electrons. The minimum atomic E-state index is -1.07. The average molecular weight is 427 g/mol. The molecular formula is C28H26O4. The van der Waals surface area contributed by atoms with Gasteiger partial charge in [-0.3, -0.25) is 0 Å². The predicted octanol–water partition coefficient (Wildman–Crippen LogP) is 5.84. The van der Waals surface area contributed by atoms with E-state index in [0.717, 1.165) is 24.0 Å². The molecule has 0 fully saturated rings. The van der Waals surface area contributed by atoms with Crippen molar-refractivity contribution in [1.82, 2.24) is 0 Å². The lowest BCUT2D eigenvalue weighted by molar-refractivity contribution is -0.159. The fourth-order valence-electron chi connectivity index (χ4n) is 4.60. The third kappa shape index (κ3) is 4.06. The summed E-state index contributed by atoms with van der Waals surface area (Å²) in [6.45, 7) is 2.51. The predicted molar refractivity (Wildman–Crippen MR) is 123 cm³/mol. The summed E-state index contributed by atoms with van der Waals surface area (Å²) < 4.78 is 11.6. The molecule has 5 rings (SSSR count). The van der Waals surface area contributed by atoms with Crippen LogP contribution in [0.3, 0.4) is 0 Å². The molecule has 1 heterocycles. The third-order valence-corrected chi connectivity index (χ3v) is 6.38. The molecule has 162 valence electrons. The zero-order valence-corrected chi connectivity index (χ0v) is 18.1. The lowest BCUT2D eigenvalue weighted by Gasteiger charge is -2.28. The van der Waals surface area contributed by atoms with Crippen LogP contribution in [0.2, 0.25) is 0 Å². The average Bonchev–Trinajstić information content (AvgIpc) is 3.20. The van der Waals surface area contributed by atoms with E-state index in [0.29, 0.717) is 13.0 Å². The normalized spacial score (nSPS) is 19.0. The maximum Gasteiger partial charge on any atom is 0.370 e. The van der Waals surface area contributed by atoms with Gasteiger partial charge in [0.15, 0.2) is 0 Å². The highest BCUT2D eigenvalue weighted by Gasteiger charge is 2.29. The van der Waals surface area contributed by atoms with E-state index >= 15 is 0 Å². The quantitative estimate of drug-likeness (QED) is 0.421. The van der Waals surface area contributed by atoms with Crippen LogP contribution < -0.4 is 0 Å². The Morgan fingerprint density at radius 3 is 2.53 bits per heavy atom. The van der Waals surface area contributed by atoms with Gasteiger partial charge < -0.3 is 14.6 Å². The van der Waals surface area contributed by atoms with E-state index in [1.807, 2.05) is 12.1 Å². The molecule has 1 aliphatic carbocycles. The number of allylic oxidation sites excluding steroid dienone is 1. The zero-order valence-electron chi connectivity index (χ0n) is 18.1. The Labute approximate surface area is 188 Å². The summed E-state index contributed by atoms with van der Waals surface area (Å²) in [5, 5.41) is 9.59. The summed E-state index contributed by atoms with van der Waals surface area (Å²) in [5.74, 6) is -1.18. The highest BCUT2D eigenvalue weighted by atomic mass is 16.7. The summed E-state index contributed by atoms with van der Waals surface area (Å²) in [4.78, 5) is 11.7. The van der Waals surface area contributed by atoms with Crippen molar-refractivity contribution in [2.45, 2.75) is 45.0 Å². The van der Waals surface area contributed by atoms with E-state index in [2.05, 4.69) is 61.5 Å². The van der Waals surface area contributed by atoms with Crippen LogP contribution in [0.15, 0.2) is 78.6 Å². The van der Waals surface area contributed by atoms with E-state index in [9.17, 15) is 9.90 Å². The maximum absolute atomic E-state index is 11.7. The van der Waals surface area contributed by atoms with E-state index in [-0.39, 0.29) is 11.7 Å². The van der Waals surface area contributed by atoms with Crippen LogP contribution in [0.5, 0.6) is 0 Å². The summed E-state index contributed by atoms with van der Waals surface area (Å²) in [6.07, 6.45) is 3.59. The molecule has 0 amide bonds. The van der Waals surface area contributed by atoms with Gasteiger partial charge in [0.1, 0.15) is 0 Å². The molecule has 2 atom stereocenters. The molecule has 1 N–H and O–H groups in total. The van der Waals surface area contributed by atoms with E-state index in [1.165, 1.54) is 27.8 Å². The highest BCUT2D eigenvalue weighted by Crippen LogP contribution is 2.39. The van der Waals surface area contributed by atoms with Gasteiger partial charge in [-0.05, 0) is 57.9 Å². The summed E-state index contributed by atoms with van der Waals surface area (Å²) in [6, 6.07) is 23.2. The monoisotopic (exact) mass is 426 g/mol. The molecule has 0 spiro atoms. The van der Waals surface area contributed by atoms with Gasteiger partial charge >= 0.3 is 5.97 Å². The van der Waals surface area contributed by atoms with Crippen molar-refractivity contribution >= 4 is 5.97 Å². The Morgan fingerprint density at radius 1 is 1.00 bits per heavy atom. The lowest BCUT2D eigenvalue weighted by atomic mass is 9.90. The first-order valence-electron chi connectivity index (χ1n) is 11.1. The number of ether oxygens (including phenoxy) is 2. The third-order valence-electron chi connectivity index (χ3n) is 6.38. The van der Waals surface area contributed by atoms with Crippen LogP contribution in [-0.2, 0) is 33.7 Å². The molecule has 0 unspecified atom stereocenters. The number of rotatable bonds is 6. The number of hydrogen-bond donors (Lipinski definition) is 1. The van der Waals surface area contributed by atoms with Crippen molar-refractivity contribution in [3.8, 4) is 11.1 Å². The van der Waals surface area contributed by atoms with Crippen molar-refractivity contribution in [3.05, 3.63) is 106 Å². The number of carboxylic acids is 1. The molecule has 0 saturated carbocycles. The second-order valence-electron chi connectivity index (χ2n) is 8.46. The van der Waals surface area contributed by atoms with Crippen molar-refractivity contribution in [2.24, 2.45) is 0 Å². The Hall–Kier alpha value is -3.37. The van der Waals surface area contributed by atoms with Crippen LogP contribution in [0.25, 0.3) is 11.1 Å². The zero-order chi connectivity index (χ0) is 22.1. The van der Waals surface area contributed by atoms with Gasteiger partial charge in [-0.2, -0.15) is 0 Å². The van der Waals surface area contributed by atoms with Crippen molar-refractivity contribution in [2.75, 3.05) is 0 Å². The Morgan fingerprint density at radius 2 is 1.75 bits per heavy atom. The first kappa shape index (κ1) is 20.5. The number of benzene rings is 3. The number of aliphatic carboxylic acids is 1. The van der Waals surface area contributed by atoms with Gasteiger partial charge in [0.2, 0.25) is 12.0 Å². The fraction of sp³-hybridized carbons (Fsp3) is 0.250. The lowest BCUT2D eigenvalue weighted by Crippen LogP contribution is -2.26. The summed E-state index contributed by atoms with van der Waals surface area (Å²) >= 11 is 0. The maximum atomic E-state index is 11.7. The number of carboxylic acid groups (broad SMARTS) is 1. The van der Waals surface area contributed by atoms with Crippen LogP contribution in [0.1, 0.15) is 47.1 Å². The first-order chi connectivity index (χ1) is 15.6. The van der Waals surface area contributed by atoms with Crippen molar-refractivity contribution in [3.63, 3.8) is 0 Å². The molecule has 3 aromatic rings. The summed E-state index contributed by atoms with van der Waals surface area (Å²) in [7, 11) is 0. The molecule has 4 heteroatoms. The number of carbonyl (C=O) groups is 1. The highest BCUT2D eigenvalue weighted by molar-refractivity contribution is 5.84. The second-order valence-corrected chi connectivity index (χ2v) is 8.46. The van der Waals surface area contributed by atoms with Gasteiger partial charge in [-0.15, -0.1) is 0 Å². The molecule has 2 aliphatic rings. The van der Waals surface area contributed by atoms with Crippen LogP contribution in [0, 0.1) is 0 Å². The topological polar surface area (TPSA) is 55.8 Å². The van der Waals surface area contributed by atoms with Gasteiger partial charge in [-0.1, -0.05) is 73.7 Å². The number of aryl methyl sites for hydroxylation is 1. The molecule has 4 nitrogen and oxygen atoms in total. The Bertz CT molecular complexity index is 1180. The van der Waals surface area contributed by atoms with E-state index < -0.39 is 12.3 Å². The van der Waals surface area contributed by atoms with Crippen LogP contribution in [-0.4, -0.2) is 17.4 Å². The largest absolute Gasteiger partial charge is 0.475 e. The smallest absolute Gasteiger partial charge is 0.370 e. The van der Waals surface area contributed by atoms with E-state index in [4.69, 9.17) is 9.47 Å².